The number of hydrogen-bond acceptors (Lipinski definition) is 12. The highest BCUT2D eigenvalue weighted by Gasteiger charge is 2.48. The molecule has 2 unspecified atom stereocenters. The molecule has 9 amide bonds. The Morgan fingerprint density at radius 3 is 1.61 bits per heavy atom. The second kappa shape index (κ2) is 18.0. The molecule has 0 spiro atoms. The number of nitrogens with zero attached hydrogens (tertiary/aromatic N) is 4. The van der Waals surface area contributed by atoms with Crippen molar-refractivity contribution in [3.05, 3.63) is 64.2 Å². The van der Waals surface area contributed by atoms with Crippen molar-refractivity contribution in [1.29, 1.82) is 0 Å². The molecule has 0 saturated carbocycles. The summed E-state index contributed by atoms with van der Waals surface area (Å²) >= 11 is 0. The van der Waals surface area contributed by atoms with Crippen molar-refractivity contribution in [3.8, 4) is 0 Å². The number of Topliss-reactive ketones (excluding diaryl/α,β-unsaturated/α-hetero) is 1. The number of ether oxygens (including phenoxy) is 2. The average molecular weight is 856 g/mol. The number of piperidine rings is 2. The van der Waals surface area contributed by atoms with Gasteiger partial charge in [-0.25, -0.2) is 9.59 Å². The second-order valence-electron chi connectivity index (χ2n) is 18.0. The number of hydrogen-bond donors (Lipinski definition) is 1. The molecule has 17 nitrogen and oxygen atoms in total. The second-order valence-corrected chi connectivity index (χ2v) is 18.0. The van der Waals surface area contributed by atoms with E-state index in [9.17, 15) is 47.9 Å². The number of anilines is 1. The molecule has 2 atom stereocenters. The topological polar surface area (TPSA) is 214 Å². The van der Waals surface area contributed by atoms with Crippen LogP contribution < -0.4 is 5.32 Å². The number of carbonyl (C=O) groups excluding carboxylic acids is 10. The van der Waals surface area contributed by atoms with Crippen molar-refractivity contribution in [2.75, 3.05) is 5.32 Å². The lowest BCUT2D eigenvalue weighted by atomic mass is 9.97. The first-order valence-corrected chi connectivity index (χ1v) is 21.0. The normalized spacial score (nSPS) is 19.2. The molecule has 17 heteroatoms. The third-order valence-electron chi connectivity index (χ3n) is 11.0. The van der Waals surface area contributed by atoms with Crippen LogP contribution in [-0.4, -0.2) is 102 Å². The van der Waals surface area contributed by atoms with Gasteiger partial charge in [-0.3, -0.25) is 38.4 Å². The van der Waals surface area contributed by atoms with E-state index < -0.39 is 70.9 Å². The van der Waals surface area contributed by atoms with Gasteiger partial charge in [0.1, 0.15) is 29.1 Å². The van der Waals surface area contributed by atoms with Gasteiger partial charge in [0.2, 0.25) is 17.7 Å². The summed E-state index contributed by atoms with van der Waals surface area (Å²) in [5, 5.41) is 2.88. The molecule has 6 rings (SSSR count). The lowest BCUT2D eigenvalue weighted by molar-refractivity contribution is -0.152. The van der Waals surface area contributed by atoms with Gasteiger partial charge in [0.05, 0.1) is 0 Å². The Morgan fingerprint density at radius 2 is 1.10 bits per heavy atom. The molecule has 62 heavy (non-hydrogen) atoms. The van der Waals surface area contributed by atoms with E-state index in [1.165, 1.54) is 9.80 Å². The number of nitrogens with one attached hydrogen (secondary N) is 1. The van der Waals surface area contributed by atoms with Crippen LogP contribution in [-0.2, 0) is 57.8 Å². The highest BCUT2D eigenvalue weighted by atomic mass is 16.6. The summed E-state index contributed by atoms with van der Waals surface area (Å²) in [6.45, 7) is 9.76. The maximum absolute atomic E-state index is 13.5. The predicted molar refractivity (Wildman–Crippen MR) is 220 cm³/mol. The van der Waals surface area contributed by atoms with E-state index in [1.807, 2.05) is 0 Å². The number of unbranched alkanes of at least 4 members (excludes halogenated alkanes) is 3. The van der Waals surface area contributed by atoms with Crippen molar-refractivity contribution < 1.29 is 57.4 Å². The van der Waals surface area contributed by atoms with Crippen LogP contribution in [0, 0.1) is 0 Å². The van der Waals surface area contributed by atoms with Gasteiger partial charge < -0.3 is 24.6 Å². The van der Waals surface area contributed by atoms with Gasteiger partial charge >= 0.3 is 12.2 Å². The predicted octanol–water partition coefficient (Wildman–Crippen LogP) is 5.59. The van der Waals surface area contributed by atoms with E-state index in [4.69, 9.17) is 9.47 Å². The summed E-state index contributed by atoms with van der Waals surface area (Å²) in [5.41, 5.74) is 1.07. The lowest BCUT2D eigenvalue weighted by Crippen LogP contribution is -2.57. The van der Waals surface area contributed by atoms with Gasteiger partial charge in [-0.05, 0) is 96.6 Å². The summed E-state index contributed by atoms with van der Waals surface area (Å²) in [5.74, 6) is -4.19. The Labute approximate surface area is 359 Å². The highest BCUT2D eigenvalue weighted by molar-refractivity contribution is 6.15. The standard InChI is InChI=1S/C45H53N5O12/c1-44(2,3)61-42(59)49-36(53)21-19-33(40(49)57)47-24-30-26(13-11-15-28(30)38(47)55)23-27(51)14-9-7-8-10-18-35(52)46-32-17-12-16-29-31(32)25-48(39(29)56)34-20-22-37(54)50(41(34)58)43(60)62-45(4,5)6/h11-13,15-17,33-34H,7-10,14,18-25H2,1-6H3,(H,46,52). The number of rotatable bonds is 12. The molecule has 4 aliphatic heterocycles. The van der Waals surface area contributed by atoms with Crippen LogP contribution in [0.3, 0.4) is 0 Å². The molecule has 2 fully saturated rings. The number of carbonyl (C=O) groups is 10. The van der Waals surface area contributed by atoms with Gasteiger partial charge in [-0.2, -0.15) is 9.80 Å². The molecule has 4 aliphatic rings. The zero-order valence-electron chi connectivity index (χ0n) is 36.0. The molecule has 330 valence electrons. The number of fused-ring (bicyclic) bond motifs is 2. The molecule has 0 radical (unpaired) electrons. The van der Waals surface area contributed by atoms with Crippen molar-refractivity contribution in [2.24, 2.45) is 0 Å². The number of ketones is 1. The summed E-state index contributed by atoms with van der Waals surface area (Å²) in [4.78, 5) is 134. The van der Waals surface area contributed by atoms with Crippen molar-refractivity contribution >= 4 is 65.0 Å². The summed E-state index contributed by atoms with van der Waals surface area (Å²) in [7, 11) is 0. The monoisotopic (exact) mass is 855 g/mol. The van der Waals surface area contributed by atoms with Crippen LogP contribution in [0.4, 0.5) is 15.3 Å². The number of imide groups is 6. The van der Waals surface area contributed by atoms with Gasteiger partial charge in [0.25, 0.3) is 23.6 Å². The minimum Gasteiger partial charge on any atom is -0.443 e. The van der Waals surface area contributed by atoms with Crippen LogP contribution in [0.2, 0.25) is 0 Å². The molecular formula is C45H53N5O12. The SMILES string of the molecule is CC(C)(C)OC(=O)N1C(=O)CCC(N2Cc3c(CC(=O)CCCCCCC(=O)Nc4cccc5c4CN(C4CCC(=O)N(C(=O)OC(C)(C)C)C4=O)C5=O)cccc3C2=O)C1=O. The molecule has 1 N–H and O–H groups in total. The third-order valence-corrected chi connectivity index (χ3v) is 11.0. The molecule has 0 bridgehead atoms. The zero-order valence-corrected chi connectivity index (χ0v) is 36.0. The fourth-order valence-corrected chi connectivity index (χ4v) is 8.15. The van der Waals surface area contributed by atoms with Gasteiger partial charge in [-0.1, -0.05) is 31.0 Å². The summed E-state index contributed by atoms with van der Waals surface area (Å²) in [6.07, 6.45) is 0.781. The number of likely N-dealkylation sites (tertiary alicyclic amines) is 2. The fourth-order valence-electron chi connectivity index (χ4n) is 8.15. The lowest BCUT2D eigenvalue weighted by Gasteiger charge is -2.35. The van der Waals surface area contributed by atoms with E-state index in [2.05, 4.69) is 5.32 Å². The van der Waals surface area contributed by atoms with Crippen molar-refractivity contribution in [1.82, 2.24) is 19.6 Å². The number of benzene rings is 2. The molecule has 2 aromatic rings. The first-order chi connectivity index (χ1) is 29.1. The molecular weight excluding hydrogens is 803 g/mol. The minimum absolute atomic E-state index is 0.00268. The molecule has 0 aliphatic carbocycles. The van der Waals surface area contributed by atoms with E-state index >= 15 is 0 Å². The van der Waals surface area contributed by atoms with E-state index in [1.54, 1.807) is 77.9 Å². The summed E-state index contributed by atoms with van der Waals surface area (Å²) < 4.78 is 10.5. The molecule has 2 saturated heterocycles. The Kier molecular flexibility index (Phi) is 13.1. The van der Waals surface area contributed by atoms with Crippen molar-refractivity contribution in [2.45, 2.75) is 149 Å². The van der Waals surface area contributed by atoms with Gasteiger partial charge in [-0.15, -0.1) is 0 Å². The molecule has 0 aromatic heterocycles. The minimum atomic E-state index is -1.09. The smallest absolute Gasteiger partial charge is 0.424 e. The van der Waals surface area contributed by atoms with Crippen molar-refractivity contribution in [3.63, 3.8) is 0 Å². The maximum atomic E-state index is 13.5. The Balaban J connectivity index is 0.952. The zero-order chi connectivity index (χ0) is 45.3. The van der Waals surface area contributed by atoms with Crippen LogP contribution in [0.1, 0.15) is 143 Å². The Hall–Kier alpha value is -6.26. The van der Waals surface area contributed by atoms with E-state index in [-0.39, 0.29) is 69.7 Å². The van der Waals surface area contributed by atoms with Gasteiger partial charge in [0.15, 0.2) is 0 Å². The highest BCUT2D eigenvalue weighted by Crippen LogP contribution is 2.35. The maximum Gasteiger partial charge on any atom is 0.424 e. The number of amides is 9. The first kappa shape index (κ1) is 45.3. The summed E-state index contributed by atoms with van der Waals surface area (Å²) in [6, 6.07) is 7.90. The Morgan fingerprint density at radius 1 is 0.629 bits per heavy atom. The first-order valence-electron chi connectivity index (χ1n) is 21.0. The van der Waals surface area contributed by atoms with E-state index in [0.717, 1.165) is 0 Å². The quantitative estimate of drug-likeness (QED) is 0.204. The van der Waals surface area contributed by atoms with E-state index in [0.29, 0.717) is 69.0 Å². The van der Waals surface area contributed by atoms with Crippen LogP contribution >= 0.6 is 0 Å². The van der Waals surface area contributed by atoms with Crippen LogP contribution in [0.15, 0.2) is 36.4 Å². The third kappa shape index (κ3) is 9.92. The van der Waals surface area contributed by atoms with Crippen LogP contribution in [0.25, 0.3) is 0 Å². The van der Waals surface area contributed by atoms with Gasteiger partial charge in [0, 0.05) is 67.6 Å². The fraction of sp³-hybridized carbons (Fsp3) is 0.511. The molecule has 2 aromatic carbocycles. The largest absolute Gasteiger partial charge is 0.443 e. The molecule has 4 heterocycles. The Bertz CT molecular complexity index is 2080. The average Bonchev–Trinajstić information content (AvgIpc) is 3.68. The van der Waals surface area contributed by atoms with Crippen LogP contribution in [0.5, 0.6) is 0 Å².